The molecular weight excluding hydrogens is 301 g/mol. The minimum atomic E-state index is 0.561. The fourth-order valence-electron chi connectivity index (χ4n) is 1.54. The Bertz CT molecular complexity index is 388. The molecule has 0 spiro atoms. The summed E-state index contributed by atoms with van der Waals surface area (Å²) in [6.45, 7) is 3.82. The summed E-state index contributed by atoms with van der Waals surface area (Å²) in [6.07, 6.45) is 5.45. The molecule has 3 nitrogen and oxygen atoms in total. The summed E-state index contributed by atoms with van der Waals surface area (Å²) in [4.78, 5) is 4.44. The molecule has 1 rings (SSSR count). The van der Waals surface area contributed by atoms with E-state index in [0.29, 0.717) is 21.7 Å². The zero-order chi connectivity index (χ0) is 14.1. The van der Waals surface area contributed by atoms with Crippen molar-refractivity contribution in [1.29, 1.82) is 0 Å². The number of nitrogens with zero attached hydrogens (tertiary/aromatic N) is 1. The average molecular weight is 322 g/mol. The molecule has 0 aromatic carbocycles. The summed E-state index contributed by atoms with van der Waals surface area (Å²) in [5, 5.41) is 7.59. The molecule has 0 bridgehead atoms. The molecule has 0 amide bonds. The lowest BCUT2D eigenvalue weighted by Crippen LogP contribution is -2.08. The van der Waals surface area contributed by atoms with E-state index in [1.807, 2.05) is 11.8 Å². The fraction of sp³-hybridized carbons (Fsp3) is 0.615. The van der Waals surface area contributed by atoms with E-state index < -0.39 is 0 Å². The summed E-state index contributed by atoms with van der Waals surface area (Å²) < 4.78 is 0. The van der Waals surface area contributed by atoms with Crippen LogP contribution in [0, 0.1) is 0 Å². The number of hydrogen-bond acceptors (Lipinski definition) is 4. The molecule has 6 heteroatoms. The zero-order valence-corrected chi connectivity index (χ0v) is 13.8. The Labute approximate surface area is 129 Å². The van der Waals surface area contributed by atoms with Crippen molar-refractivity contribution in [1.82, 2.24) is 4.98 Å². The number of unbranched alkanes of at least 4 members (excludes halogenated alkanes) is 1. The molecule has 0 unspecified atom stereocenters. The molecule has 19 heavy (non-hydrogen) atoms. The van der Waals surface area contributed by atoms with E-state index in [2.05, 4.69) is 28.8 Å². The Morgan fingerprint density at radius 3 is 2.32 bits per heavy atom. The molecule has 2 N–H and O–H groups in total. The average Bonchev–Trinajstić information content (AvgIpc) is 2.39. The van der Waals surface area contributed by atoms with E-state index in [9.17, 15) is 0 Å². The molecule has 1 aromatic heterocycles. The lowest BCUT2D eigenvalue weighted by atomic mass is 10.3. The monoisotopic (exact) mass is 321 g/mol. The molecule has 0 aliphatic rings. The molecule has 0 radical (unpaired) electrons. The van der Waals surface area contributed by atoms with Gasteiger partial charge in [-0.3, -0.25) is 0 Å². The van der Waals surface area contributed by atoms with E-state index >= 15 is 0 Å². The van der Waals surface area contributed by atoms with Crippen molar-refractivity contribution in [2.24, 2.45) is 0 Å². The Hall–Kier alpha value is -0.320. The van der Waals surface area contributed by atoms with Crippen LogP contribution in [0.15, 0.2) is 6.07 Å². The minimum Gasteiger partial charge on any atom is -0.369 e. The van der Waals surface area contributed by atoms with Gasteiger partial charge in [-0.1, -0.05) is 30.1 Å². The number of pyridine rings is 1. The number of halogens is 2. The topological polar surface area (TPSA) is 37.0 Å². The predicted octanol–water partition coefficient (Wildman–Crippen LogP) is 4.77. The van der Waals surface area contributed by atoms with Gasteiger partial charge in [-0.05, 0) is 37.3 Å². The van der Waals surface area contributed by atoms with Crippen molar-refractivity contribution in [3.63, 3.8) is 0 Å². The molecule has 0 saturated heterocycles. The Balaban J connectivity index is 2.56. The highest BCUT2D eigenvalue weighted by molar-refractivity contribution is 7.98. The molecule has 0 aliphatic carbocycles. The van der Waals surface area contributed by atoms with Crippen LogP contribution in [0.4, 0.5) is 11.6 Å². The molecule has 0 aliphatic heterocycles. The predicted molar refractivity (Wildman–Crippen MR) is 89.1 cm³/mol. The lowest BCUT2D eigenvalue weighted by Gasteiger charge is -2.12. The standard InChI is InChI=1S/C13H21Cl2N3S/c1-3-6-16-12-10(14)9-11(15)13(18-12)17-7-4-5-8-19-2/h9H,3-8H2,1-2H3,(H2,16,17,18). The van der Waals surface area contributed by atoms with Gasteiger partial charge in [0.05, 0.1) is 10.0 Å². The Kier molecular flexibility index (Phi) is 8.42. The van der Waals surface area contributed by atoms with Gasteiger partial charge >= 0.3 is 0 Å². The SMILES string of the molecule is CCCNc1nc(NCCCCSC)c(Cl)cc1Cl. The number of thioether (sulfide) groups is 1. The van der Waals surface area contributed by atoms with E-state index in [4.69, 9.17) is 23.2 Å². The first-order valence-electron chi connectivity index (χ1n) is 6.51. The smallest absolute Gasteiger partial charge is 0.147 e. The van der Waals surface area contributed by atoms with Gasteiger partial charge in [0.1, 0.15) is 11.6 Å². The van der Waals surface area contributed by atoms with Crippen molar-refractivity contribution in [3.8, 4) is 0 Å². The van der Waals surface area contributed by atoms with Gasteiger partial charge in [-0.2, -0.15) is 11.8 Å². The first-order chi connectivity index (χ1) is 9.19. The van der Waals surface area contributed by atoms with Crippen LogP contribution in [0.5, 0.6) is 0 Å². The first kappa shape index (κ1) is 16.7. The van der Waals surface area contributed by atoms with Crippen LogP contribution in [0.2, 0.25) is 10.0 Å². The van der Waals surface area contributed by atoms with Crippen LogP contribution in [-0.2, 0) is 0 Å². The second kappa shape index (κ2) is 9.56. The first-order valence-corrected chi connectivity index (χ1v) is 8.66. The highest BCUT2D eigenvalue weighted by atomic mass is 35.5. The van der Waals surface area contributed by atoms with Crippen LogP contribution < -0.4 is 10.6 Å². The highest BCUT2D eigenvalue weighted by Crippen LogP contribution is 2.29. The summed E-state index contributed by atoms with van der Waals surface area (Å²) in [7, 11) is 0. The third-order valence-corrected chi connectivity index (χ3v) is 3.81. The van der Waals surface area contributed by atoms with Crippen molar-refractivity contribution in [2.75, 3.05) is 35.7 Å². The van der Waals surface area contributed by atoms with Crippen molar-refractivity contribution >= 4 is 46.6 Å². The molecule has 0 fully saturated rings. The van der Waals surface area contributed by atoms with E-state index in [1.54, 1.807) is 6.07 Å². The third kappa shape index (κ3) is 6.11. The Morgan fingerprint density at radius 1 is 1.11 bits per heavy atom. The maximum absolute atomic E-state index is 6.13. The lowest BCUT2D eigenvalue weighted by molar-refractivity contribution is 0.840. The molecule has 0 atom stereocenters. The van der Waals surface area contributed by atoms with Gasteiger partial charge in [0.2, 0.25) is 0 Å². The van der Waals surface area contributed by atoms with Gasteiger partial charge in [0, 0.05) is 13.1 Å². The molecule has 1 heterocycles. The van der Waals surface area contributed by atoms with Gasteiger partial charge < -0.3 is 10.6 Å². The Morgan fingerprint density at radius 2 is 1.74 bits per heavy atom. The molecule has 1 aromatic rings. The van der Waals surface area contributed by atoms with Crippen molar-refractivity contribution in [3.05, 3.63) is 16.1 Å². The fourth-order valence-corrected chi connectivity index (χ4v) is 2.52. The van der Waals surface area contributed by atoms with Gasteiger partial charge in [0.25, 0.3) is 0 Å². The molecular formula is C13H21Cl2N3S. The van der Waals surface area contributed by atoms with Gasteiger partial charge in [-0.15, -0.1) is 0 Å². The van der Waals surface area contributed by atoms with Gasteiger partial charge in [0.15, 0.2) is 0 Å². The number of aromatic nitrogens is 1. The summed E-state index contributed by atoms with van der Waals surface area (Å²) in [6, 6.07) is 1.73. The molecule has 0 saturated carbocycles. The largest absolute Gasteiger partial charge is 0.369 e. The number of nitrogens with one attached hydrogen (secondary N) is 2. The van der Waals surface area contributed by atoms with Crippen LogP contribution in [0.25, 0.3) is 0 Å². The second-order valence-corrected chi connectivity index (χ2v) is 6.00. The number of anilines is 2. The summed E-state index contributed by atoms with van der Waals surface area (Å²) in [5.74, 6) is 2.58. The number of hydrogen-bond donors (Lipinski definition) is 2. The summed E-state index contributed by atoms with van der Waals surface area (Å²) >= 11 is 14.1. The third-order valence-electron chi connectivity index (χ3n) is 2.54. The normalized spacial score (nSPS) is 10.5. The van der Waals surface area contributed by atoms with E-state index in [1.165, 1.54) is 12.2 Å². The quantitative estimate of drug-likeness (QED) is 0.642. The van der Waals surface area contributed by atoms with E-state index in [0.717, 1.165) is 25.9 Å². The number of rotatable bonds is 9. The molecule has 108 valence electrons. The zero-order valence-electron chi connectivity index (χ0n) is 11.4. The second-order valence-electron chi connectivity index (χ2n) is 4.20. The van der Waals surface area contributed by atoms with Crippen LogP contribution in [-0.4, -0.2) is 30.1 Å². The highest BCUT2D eigenvalue weighted by Gasteiger charge is 2.08. The van der Waals surface area contributed by atoms with Crippen LogP contribution in [0.3, 0.4) is 0 Å². The van der Waals surface area contributed by atoms with Crippen LogP contribution >= 0.6 is 35.0 Å². The van der Waals surface area contributed by atoms with Crippen molar-refractivity contribution in [2.45, 2.75) is 26.2 Å². The van der Waals surface area contributed by atoms with Crippen LogP contribution in [0.1, 0.15) is 26.2 Å². The van der Waals surface area contributed by atoms with Gasteiger partial charge in [-0.25, -0.2) is 4.98 Å². The van der Waals surface area contributed by atoms with E-state index in [-0.39, 0.29) is 0 Å². The summed E-state index contributed by atoms with van der Waals surface area (Å²) in [5.41, 5.74) is 0. The minimum absolute atomic E-state index is 0.561. The van der Waals surface area contributed by atoms with Crippen molar-refractivity contribution < 1.29 is 0 Å². The maximum Gasteiger partial charge on any atom is 0.147 e. The maximum atomic E-state index is 6.13.